The molecule has 2 heterocycles. The summed E-state index contributed by atoms with van der Waals surface area (Å²) in [6.07, 6.45) is 12.2. The molecule has 0 amide bonds. The van der Waals surface area contributed by atoms with Gasteiger partial charge in [0.1, 0.15) is 0 Å². The number of nitrogens with zero attached hydrogens (tertiary/aromatic N) is 2. The maximum atomic E-state index is 4.37. The van der Waals surface area contributed by atoms with Crippen LogP contribution in [0.3, 0.4) is 0 Å². The molecule has 0 spiro atoms. The highest BCUT2D eigenvalue weighted by molar-refractivity contribution is 5.08. The highest BCUT2D eigenvalue weighted by Gasteiger charge is 2.36. The van der Waals surface area contributed by atoms with Gasteiger partial charge in [-0.2, -0.15) is 0 Å². The van der Waals surface area contributed by atoms with Gasteiger partial charge in [-0.1, -0.05) is 13.3 Å². The molecule has 0 bridgehead atoms. The average Bonchev–Trinajstić information content (AvgIpc) is 2.93. The Labute approximate surface area is 104 Å². The number of aromatic nitrogens is 2. The summed E-state index contributed by atoms with van der Waals surface area (Å²) in [5.41, 5.74) is 1.98. The van der Waals surface area contributed by atoms with Crippen LogP contribution in [-0.4, -0.2) is 16.1 Å². The quantitative estimate of drug-likeness (QED) is 0.866. The highest BCUT2D eigenvalue weighted by atomic mass is 15.1. The molecular weight excluding hydrogens is 210 g/mol. The van der Waals surface area contributed by atoms with Crippen LogP contribution in [0.5, 0.6) is 0 Å². The fourth-order valence-electron chi connectivity index (χ4n) is 3.35. The molecule has 0 radical (unpaired) electrons. The van der Waals surface area contributed by atoms with Crippen molar-refractivity contribution in [1.29, 1.82) is 0 Å². The van der Waals surface area contributed by atoms with E-state index in [9.17, 15) is 0 Å². The van der Waals surface area contributed by atoms with Gasteiger partial charge in [-0.05, 0) is 44.1 Å². The Morgan fingerprint density at radius 1 is 1.47 bits per heavy atom. The summed E-state index contributed by atoms with van der Waals surface area (Å²) in [4.78, 5) is 4.37. The van der Waals surface area contributed by atoms with E-state index in [1.54, 1.807) is 0 Å². The topological polar surface area (TPSA) is 29.9 Å². The average molecular weight is 233 g/mol. The SMILES string of the molecule is CCC1(Cn2cncc2[C@@H]2CCCN2)CCC1. The Kier molecular flexibility index (Phi) is 2.95. The van der Waals surface area contributed by atoms with Crippen molar-refractivity contribution < 1.29 is 0 Å². The second-order valence-electron chi connectivity index (χ2n) is 5.80. The molecule has 17 heavy (non-hydrogen) atoms. The van der Waals surface area contributed by atoms with Crippen LogP contribution in [0.1, 0.15) is 57.2 Å². The van der Waals surface area contributed by atoms with Crippen LogP contribution >= 0.6 is 0 Å². The van der Waals surface area contributed by atoms with Gasteiger partial charge in [-0.15, -0.1) is 0 Å². The predicted molar refractivity (Wildman–Crippen MR) is 68.8 cm³/mol. The Hall–Kier alpha value is -0.830. The van der Waals surface area contributed by atoms with Crippen molar-refractivity contribution in [3.05, 3.63) is 18.2 Å². The maximum Gasteiger partial charge on any atom is 0.0948 e. The molecule has 1 aliphatic heterocycles. The molecule has 1 aromatic rings. The fraction of sp³-hybridized carbons (Fsp3) is 0.786. The van der Waals surface area contributed by atoms with Crippen LogP contribution in [0.2, 0.25) is 0 Å². The van der Waals surface area contributed by atoms with Crippen LogP contribution in [0.15, 0.2) is 12.5 Å². The second kappa shape index (κ2) is 4.45. The van der Waals surface area contributed by atoms with Gasteiger partial charge in [-0.25, -0.2) is 4.98 Å². The van der Waals surface area contributed by atoms with E-state index in [1.807, 2.05) is 6.33 Å². The van der Waals surface area contributed by atoms with E-state index < -0.39 is 0 Å². The van der Waals surface area contributed by atoms with Gasteiger partial charge < -0.3 is 9.88 Å². The van der Waals surface area contributed by atoms with E-state index in [1.165, 1.54) is 50.8 Å². The molecule has 3 heteroatoms. The van der Waals surface area contributed by atoms with Crippen molar-refractivity contribution in [2.24, 2.45) is 5.41 Å². The van der Waals surface area contributed by atoms with E-state index in [4.69, 9.17) is 0 Å². The molecule has 1 N–H and O–H groups in total. The minimum atomic E-state index is 0.548. The zero-order chi connectivity index (χ0) is 11.7. The molecule has 3 rings (SSSR count). The molecule has 0 unspecified atom stereocenters. The summed E-state index contributed by atoms with van der Waals surface area (Å²) in [5.74, 6) is 0. The lowest BCUT2D eigenvalue weighted by atomic mass is 9.67. The number of hydrogen-bond acceptors (Lipinski definition) is 2. The lowest BCUT2D eigenvalue weighted by Crippen LogP contribution is -2.34. The van der Waals surface area contributed by atoms with Crippen LogP contribution in [0.4, 0.5) is 0 Å². The number of imidazole rings is 1. The fourth-order valence-corrected chi connectivity index (χ4v) is 3.35. The van der Waals surface area contributed by atoms with Gasteiger partial charge in [0.05, 0.1) is 12.0 Å². The van der Waals surface area contributed by atoms with Crippen molar-refractivity contribution in [3.8, 4) is 0 Å². The highest BCUT2D eigenvalue weighted by Crippen LogP contribution is 2.45. The Balaban J connectivity index is 1.76. The predicted octanol–water partition coefficient (Wildman–Crippen LogP) is 2.89. The van der Waals surface area contributed by atoms with Gasteiger partial charge in [-0.3, -0.25) is 0 Å². The van der Waals surface area contributed by atoms with Crippen LogP contribution in [-0.2, 0) is 6.54 Å². The summed E-state index contributed by atoms with van der Waals surface area (Å²) in [6, 6.07) is 0.548. The van der Waals surface area contributed by atoms with Crippen molar-refractivity contribution in [1.82, 2.24) is 14.9 Å². The molecule has 1 atom stereocenters. The molecule has 1 saturated carbocycles. The van der Waals surface area contributed by atoms with Crippen LogP contribution < -0.4 is 5.32 Å². The van der Waals surface area contributed by atoms with E-state index in [0.717, 1.165) is 6.54 Å². The molecule has 1 aliphatic carbocycles. The van der Waals surface area contributed by atoms with Gasteiger partial charge in [0.15, 0.2) is 0 Å². The first-order chi connectivity index (χ1) is 8.33. The van der Waals surface area contributed by atoms with E-state index in [0.29, 0.717) is 11.5 Å². The van der Waals surface area contributed by atoms with E-state index in [-0.39, 0.29) is 0 Å². The minimum Gasteiger partial charge on any atom is -0.333 e. The third-order valence-electron chi connectivity index (χ3n) is 4.83. The van der Waals surface area contributed by atoms with Gasteiger partial charge in [0, 0.05) is 18.8 Å². The first-order valence-electron chi connectivity index (χ1n) is 7.06. The Bertz CT molecular complexity index is 367. The van der Waals surface area contributed by atoms with Crippen molar-refractivity contribution in [2.45, 2.75) is 58.0 Å². The Morgan fingerprint density at radius 3 is 2.94 bits per heavy atom. The molecule has 3 nitrogen and oxygen atoms in total. The summed E-state index contributed by atoms with van der Waals surface area (Å²) in [6.45, 7) is 4.68. The zero-order valence-corrected chi connectivity index (χ0v) is 10.8. The summed E-state index contributed by atoms with van der Waals surface area (Å²) >= 11 is 0. The van der Waals surface area contributed by atoms with E-state index >= 15 is 0 Å². The molecule has 1 saturated heterocycles. The molecule has 2 aliphatic rings. The standard InChI is InChI=1S/C14H23N3/c1-2-14(6-4-7-14)10-17-11-15-9-13(17)12-5-3-8-16-12/h9,11-12,16H,2-8,10H2,1H3/t12-/m0/s1. The van der Waals surface area contributed by atoms with Crippen LogP contribution in [0, 0.1) is 5.41 Å². The van der Waals surface area contributed by atoms with E-state index in [2.05, 4.69) is 28.0 Å². The number of rotatable bonds is 4. The second-order valence-corrected chi connectivity index (χ2v) is 5.80. The van der Waals surface area contributed by atoms with Gasteiger partial charge in [0.25, 0.3) is 0 Å². The third kappa shape index (κ3) is 2.01. The smallest absolute Gasteiger partial charge is 0.0948 e. The lowest BCUT2D eigenvalue weighted by molar-refractivity contribution is 0.0985. The van der Waals surface area contributed by atoms with Crippen molar-refractivity contribution in [2.75, 3.05) is 6.54 Å². The summed E-state index contributed by atoms with van der Waals surface area (Å²) in [5, 5.41) is 3.58. The van der Waals surface area contributed by atoms with Gasteiger partial charge in [0.2, 0.25) is 0 Å². The molecule has 1 aromatic heterocycles. The Morgan fingerprint density at radius 2 is 2.35 bits per heavy atom. The number of nitrogens with one attached hydrogen (secondary N) is 1. The molecule has 0 aromatic carbocycles. The summed E-state index contributed by atoms with van der Waals surface area (Å²) in [7, 11) is 0. The van der Waals surface area contributed by atoms with Crippen molar-refractivity contribution >= 4 is 0 Å². The molecular formula is C14H23N3. The van der Waals surface area contributed by atoms with Crippen molar-refractivity contribution in [3.63, 3.8) is 0 Å². The third-order valence-corrected chi connectivity index (χ3v) is 4.83. The largest absolute Gasteiger partial charge is 0.333 e. The first kappa shape index (κ1) is 11.3. The van der Waals surface area contributed by atoms with Crippen LogP contribution in [0.25, 0.3) is 0 Å². The normalized spacial score (nSPS) is 27.0. The molecule has 94 valence electrons. The van der Waals surface area contributed by atoms with Gasteiger partial charge >= 0.3 is 0 Å². The minimum absolute atomic E-state index is 0.548. The maximum absolute atomic E-state index is 4.37. The first-order valence-corrected chi connectivity index (χ1v) is 7.06. The molecule has 2 fully saturated rings. The lowest BCUT2D eigenvalue weighted by Gasteiger charge is -2.42. The monoisotopic (exact) mass is 233 g/mol. The summed E-state index contributed by atoms with van der Waals surface area (Å²) < 4.78 is 2.41. The number of hydrogen-bond donors (Lipinski definition) is 1. The zero-order valence-electron chi connectivity index (χ0n) is 10.8.